The topological polar surface area (TPSA) is 43.4 Å². The zero-order valence-corrected chi connectivity index (χ0v) is 15.7. The van der Waals surface area contributed by atoms with Crippen LogP contribution in [0.15, 0.2) is 28.7 Å². The van der Waals surface area contributed by atoms with E-state index in [0.717, 1.165) is 30.2 Å². The molecule has 4 aliphatic carbocycles. The lowest BCUT2D eigenvalue weighted by Crippen LogP contribution is -2.56. The molecule has 4 fully saturated rings. The molecule has 4 saturated carbocycles. The molecule has 2 unspecified atom stereocenters. The second-order valence-corrected chi connectivity index (χ2v) is 9.53. The highest BCUT2D eigenvalue weighted by Crippen LogP contribution is 2.64. The Balaban J connectivity index is 1.45. The van der Waals surface area contributed by atoms with Crippen LogP contribution in [0.3, 0.4) is 0 Å². The third kappa shape index (κ3) is 2.82. The number of ketones is 1. The fourth-order valence-corrected chi connectivity index (χ4v) is 6.64. The predicted molar refractivity (Wildman–Crippen MR) is 95.1 cm³/mol. The van der Waals surface area contributed by atoms with Gasteiger partial charge in [0.15, 0.2) is 6.61 Å². The molecule has 4 aliphatic rings. The van der Waals surface area contributed by atoms with E-state index >= 15 is 0 Å². The van der Waals surface area contributed by atoms with E-state index in [1.54, 1.807) is 12.1 Å². The molecule has 0 heterocycles. The van der Waals surface area contributed by atoms with Gasteiger partial charge in [-0.25, -0.2) is 0 Å². The molecule has 5 heteroatoms. The number of esters is 1. The molecule has 0 radical (unpaired) electrons. The normalized spacial score (nSPS) is 36.6. The average Bonchev–Trinajstić information content (AvgIpc) is 2.50. The minimum absolute atomic E-state index is 0.179. The Morgan fingerprint density at radius 2 is 1.83 bits per heavy atom. The zero-order valence-electron chi connectivity index (χ0n) is 13.4. The molecule has 5 rings (SSSR count). The Morgan fingerprint density at radius 3 is 2.46 bits per heavy atom. The summed E-state index contributed by atoms with van der Waals surface area (Å²) in [6, 6.07) is 7.20. The minimum atomic E-state index is -0.458. The fraction of sp³-hybridized carbons (Fsp3) is 0.579. The van der Waals surface area contributed by atoms with Crippen LogP contribution >= 0.6 is 27.5 Å². The van der Waals surface area contributed by atoms with Crippen molar-refractivity contribution in [2.45, 2.75) is 43.4 Å². The van der Waals surface area contributed by atoms with Crippen LogP contribution in [0.1, 0.15) is 48.9 Å². The molecule has 128 valence electrons. The lowest BCUT2D eigenvalue weighted by atomic mass is 9.49. The zero-order chi connectivity index (χ0) is 16.9. The van der Waals surface area contributed by atoms with Crippen molar-refractivity contribution >= 4 is 39.3 Å². The minimum Gasteiger partial charge on any atom is -0.457 e. The summed E-state index contributed by atoms with van der Waals surface area (Å²) >= 11 is 10.1. The number of alkyl halides is 1. The lowest BCUT2D eigenvalue weighted by molar-refractivity contribution is -0.168. The van der Waals surface area contributed by atoms with Crippen molar-refractivity contribution in [3.63, 3.8) is 0 Å². The van der Waals surface area contributed by atoms with Gasteiger partial charge in [0.25, 0.3) is 0 Å². The number of rotatable bonds is 4. The van der Waals surface area contributed by atoms with Crippen molar-refractivity contribution in [2.75, 3.05) is 6.61 Å². The number of carbonyl (C=O) groups is 2. The Kier molecular flexibility index (Phi) is 4.04. The van der Waals surface area contributed by atoms with Crippen molar-refractivity contribution in [2.24, 2.45) is 17.3 Å². The van der Waals surface area contributed by atoms with Gasteiger partial charge in [-0.15, -0.1) is 11.6 Å². The summed E-state index contributed by atoms with van der Waals surface area (Å²) < 4.78 is 6.20. The van der Waals surface area contributed by atoms with Crippen LogP contribution in [0.4, 0.5) is 0 Å². The Labute approximate surface area is 155 Å². The van der Waals surface area contributed by atoms with Gasteiger partial charge >= 0.3 is 5.97 Å². The summed E-state index contributed by atoms with van der Waals surface area (Å²) in [7, 11) is 0. The van der Waals surface area contributed by atoms with Crippen molar-refractivity contribution in [3.05, 3.63) is 34.3 Å². The van der Waals surface area contributed by atoms with Crippen molar-refractivity contribution in [1.82, 2.24) is 0 Å². The van der Waals surface area contributed by atoms with Gasteiger partial charge in [0.1, 0.15) is 0 Å². The first-order valence-corrected chi connectivity index (χ1v) is 9.70. The predicted octanol–water partition coefficient (Wildman–Crippen LogP) is 4.75. The average molecular weight is 412 g/mol. The number of benzene rings is 1. The maximum Gasteiger partial charge on any atom is 0.312 e. The van der Waals surface area contributed by atoms with Crippen LogP contribution in [0.2, 0.25) is 0 Å². The van der Waals surface area contributed by atoms with Crippen LogP contribution in [-0.2, 0) is 9.53 Å². The number of carbonyl (C=O) groups excluding carboxylic acids is 2. The monoisotopic (exact) mass is 410 g/mol. The first kappa shape index (κ1) is 16.6. The maximum absolute atomic E-state index is 12.8. The first-order chi connectivity index (χ1) is 11.4. The fourth-order valence-electron chi connectivity index (χ4n) is 5.44. The van der Waals surface area contributed by atoms with E-state index in [4.69, 9.17) is 16.3 Å². The van der Waals surface area contributed by atoms with Gasteiger partial charge in [0, 0.05) is 14.9 Å². The van der Waals surface area contributed by atoms with Gasteiger partial charge in [-0.05, 0) is 56.4 Å². The summed E-state index contributed by atoms with van der Waals surface area (Å²) in [6.07, 6.45) is 5.70. The number of Topliss-reactive ketones (excluding diaryl/α,β-unsaturated/α-hetero) is 1. The van der Waals surface area contributed by atoms with E-state index in [2.05, 4.69) is 15.9 Å². The van der Waals surface area contributed by atoms with E-state index in [1.165, 1.54) is 6.42 Å². The van der Waals surface area contributed by atoms with Gasteiger partial charge in [-0.1, -0.05) is 34.1 Å². The first-order valence-electron chi connectivity index (χ1n) is 8.53. The van der Waals surface area contributed by atoms with Gasteiger partial charge < -0.3 is 4.74 Å². The molecule has 0 aromatic heterocycles. The molecule has 2 atom stereocenters. The van der Waals surface area contributed by atoms with E-state index in [1.807, 2.05) is 12.1 Å². The molecule has 1 aromatic carbocycles. The highest BCUT2D eigenvalue weighted by Gasteiger charge is 2.60. The molecular weight excluding hydrogens is 392 g/mol. The van der Waals surface area contributed by atoms with Crippen LogP contribution < -0.4 is 0 Å². The number of hydrogen-bond donors (Lipinski definition) is 0. The van der Waals surface area contributed by atoms with Crippen LogP contribution in [0.5, 0.6) is 0 Å². The summed E-state index contributed by atoms with van der Waals surface area (Å²) in [5.41, 5.74) is 0.0876. The maximum atomic E-state index is 12.8. The highest BCUT2D eigenvalue weighted by atomic mass is 79.9. The molecule has 0 aliphatic heterocycles. The molecule has 4 bridgehead atoms. The molecule has 1 aromatic rings. The van der Waals surface area contributed by atoms with E-state index in [9.17, 15) is 9.59 Å². The van der Waals surface area contributed by atoms with Crippen LogP contribution in [0, 0.1) is 17.3 Å². The Bertz CT molecular complexity index is 688. The van der Waals surface area contributed by atoms with Gasteiger partial charge in [-0.2, -0.15) is 0 Å². The van der Waals surface area contributed by atoms with Gasteiger partial charge in [0.2, 0.25) is 5.78 Å². The van der Waals surface area contributed by atoms with Crippen molar-refractivity contribution in [1.29, 1.82) is 0 Å². The number of ether oxygens (including phenoxy) is 1. The summed E-state index contributed by atoms with van der Waals surface area (Å²) in [5, 5.41) is 0. The quantitative estimate of drug-likeness (QED) is 0.408. The van der Waals surface area contributed by atoms with E-state index in [0.29, 0.717) is 23.8 Å². The van der Waals surface area contributed by atoms with Gasteiger partial charge in [0.05, 0.1) is 5.41 Å². The van der Waals surface area contributed by atoms with Crippen LogP contribution in [-0.4, -0.2) is 23.2 Å². The summed E-state index contributed by atoms with van der Waals surface area (Å²) in [6.45, 7) is -0.201. The molecule has 3 nitrogen and oxygen atoms in total. The second kappa shape index (κ2) is 5.84. The van der Waals surface area contributed by atoms with Crippen molar-refractivity contribution in [3.8, 4) is 0 Å². The molecular formula is C19H20BrClO3. The van der Waals surface area contributed by atoms with Crippen molar-refractivity contribution < 1.29 is 14.3 Å². The van der Waals surface area contributed by atoms with Crippen LogP contribution in [0.25, 0.3) is 0 Å². The molecule has 24 heavy (non-hydrogen) atoms. The SMILES string of the molecule is O=C(COC(=O)C12CC3CC(CC(Cl)(C3)C1)C2)c1ccccc1Br. The lowest BCUT2D eigenvalue weighted by Gasteiger charge is -2.58. The largest absolute Gasteiger partial charge is 0.457 e. The smallest absolute Gasteiger partial charge is 0.312 e. The van der Waals surface area contributed by atoms with Gasteiger partial charge in [-0.3, -0.25) is 9.59 Å². The standard InChI is InChI=1S/C19H20BrClO3/c20-15-4-2-1-3-14(15)16(22)10-24-17(23)18-6-12-5-13(7-18)9-19(21,8-12)11-18/h1-4,12-13H,5-11H2. The second-order valence-electron chi connectivity index (χ2n) is 7.87. The molecule has 0 spiro atoms. The molecule has 0 N–H and O–H groups in total. The molecule has 0 amide bonds. The highest BCUT2D eigenvalue weighted by molar-refractivity contribution is 9.10. The molecule has 0 saturated heterocycles. The van der Waals surface area contributed by atoms with E-state index < -0.39 is 5.41 Å². The van der Waals surface area contributed by atoms with E-state index in [-0.39, 0.29) is 23.2 Å². The third-order valence-electron chi connectivity index (χ3n) is 5.93. The summed E-state index contributed by atoms with van der Waals surface area (Å²) in [5.74, 6) is 0.675. The third-order valence-corrected chi connectivity index (χ3v) is 7.07. The Morgan fingerprint density at radius 1 is 1.17 bits per heavy atom. The number of halogens is 2. The summed E-state index contributed by atoms with van der Waals surface area (Å²) in [4.78, 5) is 24.9. The number of hydrogen-bond acceptors (Lipinski definition) is 3. The Hall–Kier alpha value is -0.870.